The Bertz CT molecular complexity index is 1440. The molecule has 1 aliphatic heterocycles. The van der Waals surface area contributed by atoms with Crippen LogP contribution in [0.4, 0.5) is 5.69 Å². The Kier molecular flexibility index (Phi) is 5.87. The van der Waals surface area contributed by atoms with Crippen LogP contribution in [0.2, 0.25) is 0 Å². The molecule has 1 atom stereocenters. The first-order chi connectivity index (χ1) is 17.0. The second kappa shape index (κ2) is 9.14. The maximum Gasteiger partial charge on any atom is 0.300 e. The van der Waals surface area contributed by atoms with E-state index in [9.17, 15) is 14.7 Å². The van der Waals surface area contributed by atoms with Crippen molar-refractivity contribution in [3.63, 3.8) is 0 Å². The first-order valence-corrected chi connectivity index (χ1v) is 11.6. The molecule has 6 nitrogen and oxygen atoms in total. The first-order valence-electron chi connectivity index (χ1n) is 11.6. The minimum absolute atomic E-state index is 0.0459. The lowest BCUT2D eigenvalue weighted by molar-refractivity contribution is -0.132. The number of nitrogens with zero attached hydrogens (tertiary/aromatic N) is 1. The number of rotatable bonds is 6. The Balaban J connectivity index is 1.69. The molecule has 35 heavy (non-hydrogen) atoms. The minimum Gasteiger partial charge on any atom is -0.507 e. The highest BCUT2D eigenvalue weighted by Crippen LogP contribution is 2.44. The summed E-state index contributed by atoms with van der Waals surface area (Å²) in [6.45, 7) is 4.63. The molecule has 0 saturated carbocycles. The lowest BCUT2D eigenvalue weighted by atomic mass is 9.94. The fraction of sp³-hybridized carbons (Fsp3) is 0.172. The molecule has 1 fully saturated rings. The van der Waals surface area contributed by atoms with Gasteiger partial charge in [0.1, 0.15) is 11.5 Å². The summed E-state index contributed by atoms with van der Waals surface area (Å²) in [5.41, 5.74) is 2.66. The number of para-hydroxylation sites is 2. The van der Waals surface area contributed by atoms with Crippen LogP contribution in [0.3, 0.4) is 0 Å². The Hall–Kier alpha value is -4.32. The van der Waals surface area contributed by atoms with Gasteiger partial charge in [0, 0.05) is 33.9 Å². The van der Waals surface area contributed by atoms with Crippen molar-refractivity contribution < 1.29 is 19.4 Å². The third kappa shape index (κ3) is 4.08. The van der Waals surface area contributed by atoms with E-state index in [4.69, 9.17) is 4.74 Å². The van der Waals surface area contributed by atoms with E-state index in [0.29, 0.717) is 29.5 Å². The summed E-state index contributed by atoms with van der Waals surface area (Å²) in [6.07, 6.45) is 1.80. The van der Waals surface area contributed by atoms with Gasteiger partial charge in [-0.25, -0.2) is 0 Å². The van der Waals surface area contributed by atoms with Gasteiger partial charge in [0.05, 0.1) is 18.2 Å². The average Bonchev–Trinajstić information content (AvgIpc) is 3.41. The van der Waals surface area contributed by atoms with E-state index >= 15 is 0 Å². The molecular weight excluding hydrogens is 440 g/mol. The van der Waals surface area contributed by atoms with Crippen LogP contribution >= 0.6 is 0 Å². The zero-order chi connectivity index (χ0) is 24.5. The van der Waals surface area contributed by atoms with E-state index in [1.807, 2.05) is 42.5 Å². The number of Topliss-reactive ketones (excluding diaryl/α,β-unsaturated/α-hetero) is 1. The van der Waals surface area contributed by atoms with Crippen LogP contribution in [0.5, 0.6) is 5.75 Å². The summed E-state index contributed by atoms with van der Waals surface area (Å²) in [5.74, 6) is -0.712. The summed E-state index contributed by atoms with van der Waals surface area (Å²) in [5, 5.41) is 12.3. The van der Waals surface area contributed by atoms with Crippen molar-refractivity contribution in [2.45, 2.75) is 19.9 Å². The minimum atomic E-state index is -0.797. The molecule has 1 aromatic heterocycles. The fourth-order valence-electron chi connectivity index (χ4n) is 4.45. The van der Waals surface area contributed by atoms with Gasteiger partial charge in [0.15, 0.2) is 0 Å². The van der Waals surface area contributed by atoms with Crippen molar-refractivity contribution in [2.75, 3.05) is 11.5 Å². The van der Waals surface area contributed by atoms with Crippen LogP contribution in [0.25, 0.3) is 16.7 Å². The maximum absolute atomic E-state index is 13.4. The van der Waals surface area contributed by atoms with Gasteiger partial charge in [-0.1, -0.05) is 62.4 Å². The number of aliphatic hydroxyl groups is 1. The predicted molar refractivity (Wildman–Crippen MR) is 136 cm³/mol. The molecule has 0 radical (unpaired) electrons. The van der Waals surface area contributed by atoms with Crippen molar-refractivity contribution in [3.8, 4) is 5.75 Å². The lowest BCUT2D eigenvalue weighted by Crippen LogP contribution is -2.29. The van der Waals surface area contributed by atoms with E-state index in [1.54, 1.807) is 42.6 Å². The fourth-order valence-corrected chi connectivity index (χ4v) is 4.45. The second-order valence-corrected chi connectivity index (χ2v) is 9.03. The molecule has 1 amide bonds. The molecule has 0 aliphatic carbocycles. The second-order valence-electron chi connectivity index (χ2n) is 9.03. The van der Waals surface area contributed by atoms with Gasteiger partial charge in [-0.3, -0.25) is 14.5 Å². The first kappa shape index (κ1) is 22.5. The number of hydrogen-bond acceptors (Lipinski definition) is 4. The van der Waals surface area contributed by atoms with Crippen molar-refractivity contribution >= 4 is 34.0 Å². The van der Waals surface area contributed by atoms with Gasteiger partial charge in [0.25, 0.3) is 11.7 Å². The Morgan fingerprint density at radius 3 is 2.51 bits per heavy atom. The third-order valence-corrected chi connectivity index (χ3v) is 6.09. The van der Waals surface area contributed by atoms with Crippen LogP contribution in [0.1, 0.15) is 31.0 Å². The number of ether oxygens (including phenoxy) is 1. The zero-order valence-corrected chi connectivity index (χ0v) is 19.6. The van der Waals surface area contributed by atoms with E-state index in [-0.39, 0.29) is 11.3 Å². The Morgan fingerprint density at radius 2 is 1.74 bits per heavy atom. The van der Waals surface area contributed by atoms with Crippen molar-refractivity contribution in [2.24, 2.45) is 5.92 Å². The van der Waals surface area contributed by atoms with Crippen LogP contribution in [0.15, 0.2) is 90.6 Å². The van der Waals surface area contributed by atoms with Crippen LogP contribution in [-0.4, -0.2) is 28.4 Å². The number of nitrogens with one attached hydrogen (secondary N) is 1. The molecule has 1 saturated heterocycles. The molecule has 0 bridgehead atoms. The number of aliphatic hydroxyl groups excluding tert-OH is 1. The molecular formula is C29H26N2O4. The highest BCUT2D eigenvalue weighted by Gasteiger charge is 2.47. The number of aromatic amines is 1. The Labute approximate surface area is 203 Å². The van der Waals surface area contributed by atoms with Gasteiger partial charge in [-0.2, -0.15) is 0 Å². The molecule has 176 valence electrons. The van der Waals surface area contributed by atoms with Crippen molar-refractivity contribution in [3.05, 3.63) is 102 Å². The van der Waals surface area contributed by atoms with Gasteiger partial charge >= 0.3 is 0 Å². The van der Waals surface area contributed by atoms with Crippen LogP contribution in [-0.2, 0) is 9.59 Å². The summed E-state index contributed by atoms with van der Waals surface area (Å²) in [7, 11) is 0. The molecule has 0 spiro atoms. The highest BCUT2D eigenvalue weighted by atomic mass is 16.5. The number of carbonyl (C=O) groups excluding carboxylic acids is 2. The zero-order valence-electron chi connectivity index (χ0n) is 19.6. The molecule has 2 N–H and O–H groups in total. The number of ketones is 1. The quantitative estimate of drug-likeness (QED) is 0.213. The third-order valence-electron chi connectivity index (χ3n) is 6.09. The molecule has 1 aliphatic rings. The molecule has 2 heterocycles. The standard InChI is InChI=1S/C29H26N2O4/c1-18(2)17-35-21-12-8-9-19(15-21)27(32)25-26(23-16-30-24-14-7-6-13-22(23)24)31(29(34)28(25)33)20-10-4-3-5-11-20/h3-16,18,26,30,32H,17H2,1-2H3/b27-25+. The number of hydrogen-bond donors (Lipinski definition) is 2. The monoisotopic (exact) mass is 466 g/mol. The van der Waals surface area contributed by atoms with Crippen molar-refractivity contribution in [1.29, 1.82) is 0 Å². The maximum atomic E-state index is 13.4. The number of amides is 1. The smallest absolute Gasteiger partial charge is 0.300 e. The van der Waals surface area contributed by atoms with Gasteiger partial charge < -0.3 is 14.8 Å². The highest BCUT2D eigenvalue weighted by molar-refractivity contribution is 6.51. The predicted octanol–water partition coefficient (Wildman–Crippen LogP) is 5.83. The summed E-state index contributed by atoms with van der Waals surface area (Å²) >= 11 is 0. The topological polar surface area (TPSA) is 82.6 Å². The van der Waals surface area contributed by atoms with Gasteiger partial charge in [0.2, 0.25) is 0 Å². The Morgan fingerprint density at radius 1 is 1.00 bits per heavy atom. The van der Waals surface area contributed by atoms with Crippen molar-refractivity contribution in [1.82, 2.24) is 4.98 Å². The number of aromatic nitrogens is 1. The molecule has 3 aromatic carbocycles. The molecule has 4 aromatic rings. The SMILES string of the molecule is CC(C)COc1cccc(/C(O)=C2\C(=O)C(=O)N(c3ccccc3)C2c2c[nH]c3ccccc23)c1. The van der Waals surface area contributed by atoms with Gasteiger partial charge in [-0.05, 0) is 36.2 Å². The summed E-state index contributed by atoms with van der Waals surface area (Å²) in [4.78, 5) is 31.4. The number of benzene rings is 3. The number of anilines is 1. The normalized spacial score (nSPS) is 17.5. The number of fused-ring (bicyclic) bond motifs is 1. The average molecular weight is 467 g/mol. The molecule has 1 unspecified atom stereocenters. The lowest BCUT2D eigenvalue weighted by Gasteiger charge is -2.25. The largest absolute Gasteiger partial charge is 0.507 e. The summed E-state index contributed by atoms with van der Waals surface area (Å²) < 4.78 is 5.82. The van der Waals surface area contributed by atoms with E-state index in [2.05, 4.69) is 18.8 Å². The van der Waals surface area contributed by atoms with Gasteiger partial charge in [-0.15, -0.1) is 0 Å². The van der Waals surface area contributed by atoms with E-state index in [1.165, 1.54) is 4.90 Å². The molecule has 6 heteroatoms. The molecule has 5 rings (SSSR count). The van der Waals surface area contributed by atoms with Crippen LogP contribution < -0.4 is 9.64 Å². The number of H-pyrrole nitrogens is 1. The van der Waals surface area contributed by atoms with Crippen LogP contribution in [0, 0.1) is 5.92 Å². The number of carbonyl (C=O) groups is 2. The van der Waals surface area contributed by atoms with E-state index in [0.717, 1.165) is 16.5 Å². The van der Waals surface area contributed by atoms with E-state index < -0.39 is 17.7 Å². The summed E-state index contributed by atoms with van der Waals surface area (Å²) in [6, 6.07) is 22.9.